The molecular weight excluding hydrogens is 371 g/mol. The summed E-state index contributed by atoms with van der Waals surface area (Å²) in [7, 11) is 0. The highest BCUT2D eigenvalue weighted by atomic mass is 19.1. The molecule has 3 aromatic rings. The van der Waals surface area contributed by atoms with Gasteiger partial charge in [0.25, 0.3) is 0 Å². The van der Waals surface area contributed by atoms with Crippen LogP contribution in [-0.4, -0.2) is 32.1 Å². The average Bonchev–Trinajstić information content (AvgIpc) is 3.44. The molecule has 1 saturated carbocycles. The van der Waals surface area contributed by atoms with E-state index in [4.69, 9.17) is 0 Å². The van der Waals surface area contributed by atoms with Crippen molar-refractivity contribution in [1.82, 2.24) is 15.0 Å². The smallest absolute Gasteiger partial charge is 0.231 e. The molecule has 29 heavy (non-hydrogen) atoms. The van der Waals surface area contributed by atoms with E-state index in [-0.39, 0.29) is 12.3 Å². The first-order chi connectivity index (χ1) is 14.0. The standard InChI is InChI=1S/C22H23FN4O2/c1-3-4-20(28)19-5-12(2)16(11-25-19)18-6-13-10-26-21(7-14(13)9-24-18)27-22(29)15-8-17(15)23/h5-7,9-11,15,17,20,28H,3-4,8H2,1-2H3,(H,26,27,29)/t15-,17+,20+/m0/s1. The van der Waals surface area contributed by atoms with Crippen LogP contribution in [0.2, 0.25) is 0 Å². The monoisotopic (exact) mass is 394 g/mol. The number of amides is 1. The van der Waals surface area contributed by atoms with Gasteiger partial charge >= 0.3 is 0 Å². The van der Waals surface area contributed by atoms with Crippen LogP contribution in [-0.2, 0) is 4.79 Å². The summed E-state index contributed by atoms with van der Waals surface area (Å²) in [5, 5.41) is 14.5. The Bertz CT molecular complexity index is 1070. The molecule has 1 aliphatic rings. The SMILES string of the molecule is CCC[C@@H](O)c1cc(C)c(-c2cc3cnc(NC(=O)[C@H]4C[C@H]4F)cc3cn2)cn1. The highest BCUT2D eigenvalue weighted by molar-refractivity contribution is 5.96. The Morgan fingerprint density at radius 1 is 1.21 bits per heavy atom. The predicted octanol–water partition coefficient (Wildman–Crippen LogP) is 4.13. The molecular formula is C22H23FN4O2. The van der Waals surface area contributed by atoms with Crippen LogP contribution in [0.5, 0.6) is 0 Å². The van der Waals surface area contributed by atoms with Gasteiger partial charge in [0, 0.05) is 34.9 Å². The molecule has 0 spiro atoms. The van der Waals surface area contributed by atoms with E-state index in [1.54, 1.807) is 24.7 Å². The number of halogens is 1. The number of carbonyl (C=O) groups is 1. The van der Waals surface area contributed by atoms with Crippen LogP contribution in [0.4, 0.5) is 10.2 Å². The molecule has 0 aromatic carbocycles. The summed E-state index contributed by atoms with van der Waals surface area (Å²) in [4.78, 5) is 25.1. The summed E-state index contributed by atoms with van der Waals surface area (Å²) in [6.45, 7) is 4.00. The zero-order valence-electron chi connectivity index (χ0n) is 16.4. The van der Waals surface area contributed by atoms with Gasteiger partial charge in [0.15, 0.2) is 0 Å². The number of aliphatic hydroxyl groups excluding tert-OH is 1. The molecule has 0 unspecified atom stereocenters. The lowest BCUT2D eigenvalue weighted by Crippen LogP contribution is -2.15. The second kappa shape index (κ2) is 7.83. The third-order valence-electron chi connectivity index (χ3n) is 5.22. The molecule has 2 N–H and O–H groups in total. The fourth-order valence-corrected chi connectivity index (χ4v) is 3.36. The Kier molecular flexibility index (Phi) is 5.24. The molecule has 1 aliphatic carbocycles. The molecule has 4 rings (SSSR count). The summed E-state index contributed by atoms with van der Waals surface area (Å²) in [5.41, 5.74) is 3.30. The highest BCUT2D eigenvalue weighted by Gasteiger charge is 2.43. The molecule has 150 valence electrons. The number of pyridine rings is 3. The zero-order valence-corrected chi connectivity index (χ0v) is 16.4. The van der Waals surface area contributed by atoms with Crippen LogP contribution in [0, 0.1) is 12.8 Å². The lowest BCUT2D eigenvalue weighted by Gasteiger charge is -2.12. The Hall–Kier alpha value is -2.93. The van der Waals surface area contributed by atoms with Crippen molar-refractivity contribution in [2.24, 2.45) is 5.92 Å². The van der Waals surface area contributed by atoms with Gasteiger partial charge in [-0.1, -0.05) is 13.3 Å². The van der Waals surface area contributed by atoms with E-state index >= 15 is 0 Å². The first-order valence-electron chi connectivity index (χ1n) is 9.82. The molecule has 7 heteroatoms. The van der Waals surface area contributed by atoms with Crippen molar-refractivity contribution in [3.05, 3.63) is 48.0 Å². The molecule has 1 amide bonds. The van der Waals surface area contributed by atoms with Crippen LogP contribution in [0.3, 0.4) is 0 Å². The molecule has 3 aromatic heterocycles. The van der Waals surface area contributed by atoms with E-state index in [1.165, 1.54) is 0 Å². The fourth-order valence-electron chi connectivity index (χ4n) is 3.36. The van der Waals surface area contributed by atoms with Crippen LogP contribution in [0.1, 0.15) is 43.5 Å². The van der Waals surface area contributed by atoms with Gasteiger partial charge in [0.1, 0.15) is 12.0 Å². The van der Waals surface area contributed by atoms with E-state index in [9.17, 15) is 14.3 Å². The van der Waals surface area contributed by atoms with Crippen molar-refractivity contribution < 1.29 is 14.3 Å². The molecule has 3 atom stereocenters. The van der Waals surface area contributed by atoms with Crippen molar-refractivity contribution in [2.45, 2.75) is 45.4 Å². The maximum absolute atomic E-state index is 13.0. The van der Waals surface area contributed by atoms with Gasteiger partial charge in [0.2, 0.25) is 5.91 Å². The number of fused-ring (bicyclic) bond motifs is 1. The molecule has 0 radical (unpaired) electrons. The van der Waals surface area contributed by atoms with E-state index in [0.29, 0.717) is 17.9 Å². The molecule has 0 bridgehead atoms. The summed E-state index contributed by atoms with van der Waals surface area (Å²) in [6.07, 6.45) is 5.38. The van der Waals surface area contributed by atoms with Crippen molar-refractivity contribution in [3.8, 4) is 11.3 Å². The van der Waals surface area contributed by atoms with Crippen molar-refractivity contribution >= 4 is 22.5 Å². The maximum atomic E-state index is 13.0. The number of nitrogens with one attached hydrogen (secondary N) is 1. The topological polar surface area (TPSA) is 88.0 Å². The summed E-state index contributed by atoms with van der Waals surface area (Å²) in [5.74, 6) is -0.494. The molecule has 6 nitrogen and oxygen atoms in total. The van der Waals surface area contributed by atoms with Gasteiger partial charge in [-0.25, -0.2) is 9.37 Å². The van der Waals surface area contributed by atoms with Crippen molar-refractivity contribution in [1.29, 1.82) is 0 Å². The Balaban J connectivity index is 1.57. The van der Waals surface area contributed by atoms with Gasteiger partial charge in [-0.15, -0.1) is 0 Å². The summed E-state index contributed by atoms with van der Waals surface area (Å²) >= 11 is 0. The number of aromatic nitrogens is 3. The van der Waals surface area contributed by atoms with E-state index in [0.717, 1.165) is 34.0 Å². The number of hydrogen-bond acceptors (Lipinski definition) is 5. The average molecular weight is 394 g/mol. The van der Waals surface area contributed by atoms with Crippen LogP contribution in [0.25, 0.3) is 22.0 Å². The second-order valence-electron chi connectivity index (χ2n) is 7.56. The van der Waals surface area contributed by atoms with Gasteiger partial charge in [0.05, 0.1) is 23.4 Å². The number of hydrogen-bond donors (Lipinski definition) is 2. The van der Waals surface area contributed by atoms with Crippen molar-refractivity contribution in [3.63, 3.8) is 0 Å². The minimum Gasteiger partial charge on any atom is -0.387 e. The Labute approximate surface area is 168 Å². The fraction of sp³-hybridized carbons (Fsp3) is 0.364. The maximum Gasteiger partial charge on any atom is 0.231 e. The minimum atomic E-state index is -1.04. The zero-order chi connectivity index (χ0) is 20.5. The number of alkyl halides is 1. The first-order valence-corrected chi connectivity index (χ1v) is 9.82. The quantitative estimate of drug-likeness (QED) is 0.656. The van der Waals surface area contributed by atoms with Gasteiger partial charge < -0.3 is 10.4 Å². The number of anilines is 1. The summed E-state index contributed by atoms with van der Waals surface area (Å²) < 4.78 is 13.0. The Morgan fingerprint density at radius 2 is 1.93 bits per heavy atom. The molecule has 3 heterocycles. The number of rotatable bonds is 6. The highest BCUT2D eigenvalue weighted by Crippen LogP contribution is 2.34. The largest absolute Gasteiger partial charge is 0.387 e. The molecule has 0 aliphatic heterocycles. The Morgan fingerprint density at radius 3 is 2.62 bits per heavy atom. The number of aryl methyl sites for hydroxylation is 1. The summed E-state index contributed by atoms with van der Waals surface area (Å²) in [6, 6.07) is 5.54. The van der Waals surface area contributed by atoms with E-state index in [1.807, 2.05) is 26.0 Å². The molecule has 0 saturated heterocycles. The van der Waals surface area contributed by atoms with Gasteiger partial charge in [-0.2, -0.15) is 0 Å². The van der Waals surface area contributed by atoms with Crippen LogP contribution < -0.4 is 5.32 Å². The second-order valence-corrected chi connectivity index (χ2v) is 7.56. The normalized spacial score (nSPS) is 19.2. The van der Waals surface area contributed by atoms with E-state index in [2.05, 4.69) is 20.3 Å². The van der Waals surface area contributed by atoms with Crippen molar-refractivity contribution in [2.75, 3.05) is 5.32 Å². The molecule has 1 fully saturated rings. The number of nitrogens with zero attached hydrogens (tertiary/aromatic N) is 3. The third-order valence-corrected chi connectivity index (χ3v) is 5.22. The van der Waals surface area contributed by atoms with Crippen LogP contribution >= 0.6 is 0 Å². The number of aliphatic hydroxyl groups is 1. The number of carbonyl (C=O) groups excluding carboxylic acids is 1. The first kappa shape index (κ1) is 19.4. The minimum absolute atomic E-state index is 0.284. The van der Waals surface area contributed by atoms with Gasteiger partial charge in [-0.3, -0.25) is 14.8 Å². The third kappa shape index (κ3) is 4.10. The van der Waals surface area contributed by atoms with Gasteiger partial charge in [-0.05, 0) is 43.5 Å². The lowest BCUT2D eigenvalue weighted by atomic mass is 10.0. The lowest BCUT2D eigenvalue weighted by molar-refractivity contribution is -0.117. The van der Waals surface area contributed by atoms with Crippen LogP contribution in [0.15, 0.2) is 36.8 Å². The predicted molar refractivity (Wildman–Crippen MR) is 109 cm³/mol. The van der Waals surface area contributed by atoms with E-state index < -0.39 is 18.2 Å².